The van der Waals surface area contributed by atoms with Gasteiger partial charge >= 0.3 is 0 Å². The van der Waals surface area contributed by atoms with Gasteiger partial charge in [-0.15, -0.1) is 0 Å². The third-order valence-corrected chi connectivity index (χ3v) is 4.59. The molecule has 0 aliphatic carbocycles. The Hall–Kier alpha value is -3.19. The van der Waals surface area contributed by atoms with Crippen molar-refractivity contribution >= 4 is 0 Å². The zero-order valence-corrected chi connectivity index (χ0v) is 14.4. The monoisotopic (exact) mass is 338 g/mol. The average Bonchev–Trinajstić information content (AvgIpc) is 2.70. The Morgan fingerprint density at radius 3 is 1.65 bits per heavy atom. The first-order valence-electron chi connectivity index (χ1n) is 8.78. The van der Waals surface area contributed by atoms with Crippen molar-refractivity contribution in [3.8, 4) is 22.3 Å². The van der Waals surface area contributed by atoms with Crippen LogP contribution in [0.1, 0.15) is 11.1 Å². The summed E-state index contributed by atoms with van der Waals surface area (Å²) < 4.78 is 14.5. The molecule has 4 aromatic rings. The van der Waals surface area contributed by atoms with Crippen molar-refractivity contribution in [2.75, 3.05) is 0 Å². The molecule has 0 atom stereocenters. The third kappa shape index (κ3) is 3.57. The van der Waals surface area contributed by atoms with E-state index < -0.39 is 0 Å². The lowest BCUT2D eigenvalue weighted by Gasteiger charge is -2.08. The molecular weight excluding hydrogens is 319 g/mol. The Bertz CT molecular complexity index is 987. The first-order valence-corrected chi connectivity index (χ1v) is 8.78. The lowest BCUT2D eigenvalue weighted by Crippen LogP contribution is -1.92. The van der Waals surface area contributed by atoms with E-state index in [1.165, 1.54) is 16.7 Å². The van der Waals surface area contributed by atoms with E-state index in [0.717, 1.165) is 17.5 Å². The van der Waals surface area contributed by atoms with E-state index in [9.17, 15) is 4.39 Å². The van der Waals surface area contributed by atoms with Gasteiger partial charge in [-0.1, -0.05) is 97.1 Å². The van der Waals surface area contributed by atoms with E-state index >= 15 is 0 Å². The van der Waals surface area contributed by atoms with E-state index in [-0.39, 0.29) is 5.82 Å². The number of hydrogen-bond acceptors (Lipinski definition) is 0. The highest BCUT2D eigenvalue weighted by Crippen LogP contribution is 2.25. The van der Waals surface area contributed by atoms with Crippen LogP contribution in [0.5, 0.6) is 0 Å². The summed E-state index contributed by atoms with van der Waals surface area (Å²) in [6.07, 6.45) is 0.723. The summed E-state index contributed by atoms with van der Waals surface area (Å²) in [5.74, 6) is -0.172. The summed E-state index contributed by atoms with van der Waals surface area (Å²) in [5.41, 5.74) is 6.11. The van der Waals surface area contributed by atoms with Crippen molar-refractivity contribution in [3.63, 3.8) is 0 Å². The first-order chi connectivity index (χ1) is 12.8. The van der Waals surface area contributed by atoms with E-state index in [4.69, 9.17) is 0 Å². The van der Waals surface area contributed by atoms with Crippen LogP contribution in [0.2, 0.25) is 0 Å². The molecule has 0 heterocycles. The predicted molar refractivity (Wildman–Crippen MR) is 107 cm³/mol. The van der Waals surface area contributed by atoms with Crippen molar-refractivity contribution in [2.24, 2.45) is 0 Å². The second kappa shape index (κ2) is 7.37. The van der Waals surface area contributed by atoms with Crippen LogP contribution in [-0.4, -0.2) is 0 Å². The fourth-order valence-corrected chi connectivity index (χ4v) is 3.20. The summed E-state index contributed by atoms with van der Waals surface area (Å²) in [4.78, 5) is 0. The molecule has 4 rings (SSSR count). The van der Waals surface area contributed by atoms with Crippen molar-refractivity contribution in [2.45, 2.75) is 6.42 Å². The third-order valence-electron chi connectivity index (χ3n) is 4.59. The Labute approximate surface area is 153 Å². The molecule has 0 saturated heterocycles. The van der Waals surface area contributed by atoms with Crippen LogP contribution in [-0.2, 0) is 6.42 Å². The highest BCUT2D eigenvalue weighted by Gasteiger charge is 2.06. The second-order valence-corrected chi connectivity index (χ2v) is 6.42. The highest BCUT2D eigenvalue weighted by molar-refractivity contribution is 5.65. The maximum atomic E-state index is 14.5. The standard InChI is InChI=1S/C25H19F/c26-25-18-20(13-16-24(25)23-9-5-2-6-10-23)17-19-11-14-22(15-12-19)21-7-3-1-4-8-21/h1-16,18H,17H2. The maximum absolute atomic E-state index is 14.5. The topological polar surface area (TPSA) is 0 Å². The molecule has 0 aromatic heterocycles. The van der Waals surface area contributed by atoms with Gasteiger partial charge in [0.05, 0.1) is 0 Å². The lowest BCUT2D eigenvalue weighted by atomic mass is 9.98. The van der Waals surface area contributed by atoms with Crippen LogP contribution in [0.25, 0.3) is 22.3 Å². The molecule has 0 fully saturated rings. The molecule has 0 N–H and O–H groups in total. The average molecular weight is 338 g/mol. The van der Waals surface area contributed by atoms with Gasteiger partial charge in [0, 0.05) is 5.56 Å². The normalized spacial score (nSPS) is 10.7. The quantitative estimate of drug-likeness (QED) is 0.386. The van der Waals surface area contributed by atoms with Crippen LogP contribution in [0.3, 0.4) is 0 Å². The molecule has 0 aliphatic heterocycles. The fourth-order valence-electron chi connectivity index (χ4n) is 3.20. The molecule has 0 bridgehead atoms. The van der Waals surface area contributed by atoms with Crippen LogP contribution < -0.4 is 0 Å². The fraction of sp³-hybridized carbons (Fsp3) is 0.0400. The summed E-state index contributed by atoms with van der Waals surface area (Å²) >= 11 is 0. The number of hydrogen-bond donors (Lipinski definition) is 0. The predicted octanol–water partition coefficient (Wildman–Crippen LogP) is 6.75. The van der Waals surface area contributed by atoms with Crippen LogP contribution in [0, 0.1) is 5.82 Å². The molecule has 1 heteroatoms. The van der Waals surface area contributed by atoms with Gasteiger partial charge in [0.1, 0.15) is 5.82 Å². The van der Waals surface area contributed by atoms with Crippen LogP contribution in [0.15, 0.2) is 103 Å². The number of benzene rings is 4. The van der Waals surface area contributed by atoms with E-state index in [0.29, 0.717) is 5.56 Å². The second-order valence-electron chi connectivity index (χ2n) is 6.42. The van der Waals surface area contributed by atoms with Crippen LogP contribution >= 0.6 is 0 Å². The Kier molecular flexibility index (Phi) is 4.61. The van der Waals surface area contributed by atoms with Crippen molar-refractivity contribution in [1.82, 2.24) is 0 Å². The maximum Gasteiger partial charge on any atom is 0.131 e. The number of rotatable bonds is 4. The molecular formula is C25H19F. The van der Waals surface area contributed by atoms with Crippen molar-refractivity contribution in [1.29, 1.82) is 0 Å². The lowest BCUT2D eigenvalue weighted by molar-refractivity contribution is 0.629. The van der Waals surface area contributed by atoms with E-state index in [2.05, 4.69) is 36.4 Å². The van der Waals surface area contributed by atoms with Gasteiger partial charge in [0.2, 0.25) is 0 Å². The van der Waals surface area contributed by atoms with Gasteiger partial charge in [-0.05, 0) is 40.3 Å². The van der Waals surface area contributed by atoms with E-state index in [1.54, 1.807) is 6.07 Å². The molecule has 0 unspecified atom stereocenters. The smallest absolute Gasteiger partial charge is 0.131 e. The van der Waals surface area contributed by atoms with Gasteiger partial charge < -0.3 is 0 Å². The minimum atomic E-state index is -0.172. The van der Waals surface area contributed by atoms with Gasteiger partial charge in [-0.2, -0.15) is 0 Å². The Morgan fingerprint density at radius 1 is 0.500 bits per heavy atom. The van der Waals surface area contributed by atoms with Gasteiger partial charge in [0.15, 0.2) is 0 Å². The minimum absolute atomic E-state index is 0.172. The van der Waals surface area contributed by atoms with Crippen molar-refractivity contribution < 1.29 is 4.39 Å². The first kappa shape index (κ1) is 16.3. The summed E-state index contributed by atoms with van der Waals surface area (Å²) in [6, 6.07) is 34.0. The minimum Gasteiger partial charge on any atom is -0.206 e. The molecule has 0 amide bonds. The Balaban J connectivity index is 1.53. The molecule has 4 aromatic carbocycles. The molecule has 0 aliphatic rings. The zero-order chi connectivity index (χ0) is 17.8. The van der Waals surface area contributed by atoms with E-state index in [1.807, 2.05) is 60.7 Å². The van der Waals surface area contributed by atoms with Gasteiger partial charge in [-0.3, -0.25) is 0 Å². The molecule has 0 spiro atoms. The van der Waals surface area contributed by atoms with Crippen molar-refractivity contribution in [3.05, 3.63) is 120 Å². The van der Waals surface area contributed by atoms with Crippen LogP contribution in [0.4, 0.5) is 4.39 Å². The van der Waals surface area contributed by atoms with Gasteiger partial charge in [-0.25, -0.2) is 4.39 Å². The summed E-state index contributed by atoms with van der Waals surface area (Å²) in [5, 5.41) is 0. The molecule has 0 nitrogen and oxygen atoms in total. The zero-order valence-electron chi connectivity index (χ0n) is 14.4. The highest BCUT2D eigenvalue weighted by atomic mass is 19.1. The summed E-state index contributed by atoms with van der Waals surface area (Å²) in [7, 11) is 0. The Morgan fingerprint density at radius 2 is 1.04 bits per heavy atom. The molecule has 126 valence electrons. The number of halogens is 1. The molecule has 0 saturated carbocycles. The SMILES string of the molecule is Fc1cc(Cc2ccc(-c3ccccc3)cc2)ccc1-c1ccccc1. The van der Waals surface area contributed by atoms with Gasteiger partial charge in [0.25, 0.3) is 0 Å². The largest absolute Gasteiger partial charge is 0.206 e. The molecule has 0 radical (unpaired) electrons. The molecule has 26 heavy (non-hydrogen) atoms. The summed E-state index contributed by atoms with van der Waals surface area (Å²) in [6.45, 7) is 0.